The lowest BCUT2D eigenvalue weighted by Gasteiger charge is -2.28. The number of amides is 1. The van der Waals surface area contributed by atoms with Crippen molar-refractivity contribution in [2.24, 2.45) is 0 Å². The molecule has 0 aliphatic rings. The van der Waals surface area contributed by atoms with Gasteiger partial charge in [0, 0.05) is 18.5 Å². The van der Waals surface area contributed by atoms with Gasteiger partial charge in [-0.3, -0.25) is 4.79 Å². The van der Waals surface area contributed by atoms with Crippen LogP contribution in [0, 0.1) is 0 Å². The van der Waals surface area contributed by atoms with E-state index in [1.165, 1.54) is 57.1 Å². The van der Waals surface area contributed by atoms with Gasteiger partial charge in [-0.15, -0.1) is 0 Å². The van der Waals surface area contributed by atoms with Gasteiger partial charge in [-0.25, -0.2) is 4.79 Å². The third kappa shape index (κ3) is 9.72. The second kappa shape index (κ2) is 15.3. The Morgan fingerprint density at radius 3 is 2.05 bits per heavy atom. The predicted octanol–water partition coefficient (Wildman–Crippen LogP) is 8.00. The van der Waals surface area contributed by atoms with Crippen LogP contribution in [0.2, 0.25) is 0 Å². The van der Waals surface area contributed by atoms with E-state index < -0.39 is 29.7 Å². The molecule has 41 heavy (non-hydrogen) atoms. The van der Waals surface area contributed by atoms with Crippen LogP contribution in [0.5, 0.6) is 0 Å². The number of carbonyl (C=O) groups excluding carboxylic acids is 1. The van der Waals surface area contributed by atoms with Crippen LogP contribution in [0.4, 0.5) is 13.2 Å². The fraction of sp³-hybridized carbons (Fsp3) is 0.484. The second-order valence-electron chi connectivity index (χ2n) is 10.3. The van der Waals surface area contributed by atoms with Crippen molar-refractivity contribution in [2.45, 2.75) is 96.8 Å². The third-order valence-electron chi connectivity index (χ3n) is 7.16. The molecule has 1 aromatic heterocycles. The highest BCUT2D eigenvalue weighted by molar-refractivity contribution is 6.31. The lowest BCUT2D eigenvalue weighted by Crippen LogP contribution is -2.38. The highest BCUT2D eigenvalue weighted by Gasteiger charge is 2.31. The quantitative estimate of drug-likeness (QED) is 0.146. The number of aliphatic carboxylic acids is 1. The molecule has 222 valence electrons. The van der Waals surface area contributed by atoms with E-state index in [2.05, 4.69) is 17.1 Å². The number of aryl methyl sites for hydroxylation is 1. The molecule has 1 amide bonds. The van der Waals surface area contributed by atoms with E-state index in [1.807, 2.05) is 0 Å². The van der Waals surface area contributed by atoms with Gasteiger partial charge in [-0.05, 0) is 48.7 Å². The molecule has 0 radical (unpaired) electrons. The average Bonchev–Trinajstić information content (AvgIpc) is 3.43. The molecule has 0 saturated heterocycles. The number of hydrogen-bond donors (Lipinski definition) is 1. The van der Waals surface area contributed by atoms with Crippen LogP contribution in [-0.4, -0.2) is 32.0 Å². The van der Waals surface area contributed by atoms with Crippen LogP contribution in [0.25, 0.3) is 11.5 Å². The normalized spacial score (nSPS) is 12.3. The molecule has 0 fully saturated rings. The second-order valence-corrected chi connectivity index (χ2v) is 10.3. The Labute approximate surface area is 238 Å². The zero-order valence-electron chi connectivity index (χ0n) is 23.6. The Hall–Kier alpha value is -3.69. The van der Waals surface area contributed by atoms with E-state index in [4.69, 9.17) is 4.52 Å². The number of alkyl halides is 3. The molecule has 0 saturated carbocycles. The van der Waals surface area contributed by atoms with Crippen molar-refractivity contribution >= 4 is 11.9 Å². The van der Waals surface area contributed by atoms with Gasteiger partial charge in [0.05, 0.1) is 11.6 Å². The van der Waals surface area contributed by atoms with Crippen molar-refractivity contribution in [3.63, 3.8) is 0 Å². The fourth-order valence-corrected chi connectivity index (χ4v) is 4.65. The summed E-state index contributed by atoms with van der Waals surface area (Å²) in [6.45, 7) is 3.74. The average molecular weight is 574 g/mol. The third-order valence-corrected chi connectivity index (χ3v) is 7.16. The number of halogens is 3. The highest BCUT2D eigenvalue weighted by Crippen LogP contribution is 2.31. The zero-order valence-corrected chi connectivity index (χ0v) is 23.6. The summed E-state index contributed by atoms with van der Waals surface area (Å²) in [6.07, 6.45) is 7.34. The molecule has 0 aliphatic carbocycles. The molecular weight excluding hydrogens is 535 g/mol. The first-order chi connectivity index (χ1) is 19.6. The summed E-state index contributed by atoms with van der Waals surface area (Å²) in [5, 5.41) is 13.4. The van der Waals surface area contributed by atoms with Gasteiger partial charge < -0.3 is 14.5 Å². The largest absolute Gasteiger partial charge is 0.474 e. The van der Waals surface area contributed by atoms with Gasteiger partial charge >= 0.3 is 18.1 Å². The van der Waals surface area contributed by atoms with Crippen LogP contribution >= 0.6 is 0 Å². The smallest absolute Gasteiger partial charge is 0.416 e. The number of hydrogen-bond acceptors (Lipinski definition) is 5. The molecule has 2 aromatic carbocycles. The Bertz CT molecular complexity index is 1240. The molecule has 0 aliphatic heterocycles. The number of carboxylic acids is 1. The number of aromatic nitrogens is 2. The van der Waals surface area contributed by atoms with Crippen molar-refractivity contribution in [1.29, 1.82) is 0 Å². The highest BCUT2D eigenvalue weighted by atomic mass is 19.4. The first kappa shape index (κ1) is 31.8. The number of carbonyl (C=O) groups is 2. The first-order valence-electron chi connectivity index (χ1n) is 14.2. The van der Waals surface area contributed by atoms with Crippen LogP contribution in [0.15, 0.2) is 53.1 Å². The van der Waals surface area contributed by atoms with Gasteiger partial charge in [0.15, 0.2) is 5.82 Å². The molecule has 1 atom stereocenters. The van der Waals surface area contributed by atoms with E-state index in [9.17, 15) is 27.9 Å². The van der Waals surface area contributed by atoms with E-state index in [1.54, 1.807) is 31.2 Å². The summed E-state index contributed by atoms with van der Waals surface area (Å²) in [7, 11) is 0. The van der Waals surface area contributed by atoms with Crippen molar-refractivity contribution in [3.8, 4) is 11.5 Å². The molecule has 3 aromatic rings. The Morgan fingerprint density at radius 1 is 0.902 bits per heavy atom. The van der Waals surface area contributed by atoms with Crippen molar-refractivity contribution in [2.75, 3.05) is 0 Å². The van der Waals surface area contributed by atoms with E-state index >= 15 is 0 Å². The Kier molecular flexibility index (Phi) is 11.9. The topological polar surface area (TPSA) is 96.5 Å². The van der Waals surface area contributed by atoms with Gasteiger partial charge in [-0.2, -0.15) is 18.2 Å². The van der Waals surface area contributed by atoms with Crippen LogP contribution < -0.4 is 0 Å². The SMILES string of the molecule is CCCCCCCCCCCc1noc(-c2ccc(CN(C(=O)C(=O)O)[C@H](C)c3ccc(C(F)(F)F)cc3)cc2)n1. The lowest BCUT2D eigenvalue weighted by molar-refractivity contribution is -0.157. The van der Waals surface area contributed by atoms with Crippen LogP contribution in [-0.2, 0) is 28.7 Å². The molecule has 0 unspecified atom stereocenters. The van der Waals surface area contributed by atoms with E-state index in [-0.39, 0.29) is 6.54 Å². The summed E-state index contributed by atoms with van der Waals surface area (Å²) in [5.41, 5.74) is 0.884. The minimum atomic E-state index is -4.49. The summed E-state index contributed by atoms with van der Waals surface area (Å²) in [6, 6.07) is 10.5. The molecule has 1 heterocycles. The molecular formula is C31H38F3N3O4. The number of rotatable bonds is 15. The number of unbranched alkanes of at least 4 members (excludes halogenated alkanes) is 8. The van der Waals surface area contributed by atoms with Gasteiger partial charge in [0.25, 0.3) is 5.89 Å². The molecule has 7 nitrogen and oxygen atoms in total. The number of benzene rings is 2. The van der Waals surface area contributed by atoms with Crippen LogP contribution in [0.3, 0.4) is 0 Å². The molecule has 0 spiro atoms. The van der Waals surface area contributed by atoms with Crippen molar-refractivity contribution in [3.05, 3.63) is 71.0 Å². The summed E-state index contributed by atoms with van der Waals surface area (Å²) in [5.74, 6) is -1.78. The molecule has 1 N–H and O–H groups in total. The Morgan fingerprint density at radius 2 is 1.49 bits per heavy atom. The van der Waals surface area contributed by atoms with Gasteiger partial charge in [-0.1, -0.05) is 87.7 Å². The maximum atomic E-state index is 12.9. The zero-order chi connectivity index (χ0) is 29.8. The Balaban J connectivity index is 1.57. The molecule has 3 rings (SSSR count). The lowest BCUT2D eigenvalue weighted by atomic mass is 10.0. The summed E-state index contributed by atoms with van der Waals surface area (Å²) < 4.78 is 44.2. The standard InChI is InChI=1S/C31H38F3N3O4/c1-3-4-5-6-7-8-9-10-11-12-27-35-28(41-36-27)25-15-13-23(14-16-25)21-37(29(38)30(39)40)22(2)24-17-19-26(20-18-24)31(32,33)34/h13-20,22H,3-12,21H2,1-2H3,(H,39,40)/t22-/m1/s1. The van der Waals surface area contributed by atoms with Gasteiger partial charge in [0.1, 0.15) is 0 Å². The summed E-state index contributed by atoms with van der Waals surface area (Å²) in [4.78, 5) is 29.6. The maximum Gasteiger partial charge on any atom is 0.416 e. The fourth-order valence-electron chi connectivity index (χ4n) is 4.65. The van der Waals surface area contributed by atoms with Crippen molar-refractivity contribution < 1.29 is 32.4 Å². The number of nitrogens with zero attached hydrogens (tertiary/aromatic N) is 3. The minimum absolute atomic E-state index is 0.0543. The number of carboxylic acid groups (broad SMARTS) is 1. The van der Waals surface area contributed by atoms with Crippen LogP contribution in [0.1, 0.15) is 100 Å². The van der Waals surface area contributed by atoms with E-state index in [0.717, 1.165) is 36.3 Å². The summed E-state index contributed by atoms with van der Waals surface area (Å²) >= 11 is 0. The molecule has 0 bridgehead atoms. The minimum Gasteiger partial charge on any atom is -0.474 e. The molecule has 10 heteroatoms. The monoisotopic (exact) mass is 573 g/mol. The maximum absolute atomic E-state index is 12.9. The first-order valence-corrected chi connectivity index (χ1v) is 14.2. The predicted molar refractivity (Wildman–Crippen MR) is 149 cm³/mol. The van der Waals surface area contributed by atoms with Gasteiger partial charge in [0.2, 0.25) is 0 Å². The van der Waals surface area contributed by atoms with E-state index in [0.29, 0.717) is 28.4 Å². The van der Waals surface area contributed by atoms with Crippen molar-refractivity contribution in [1.82, 2.24) is 15.0 Å².